The van der Waals surface area contributed by atoms with Crippen LogP contribution in [0.15, 0.2) is 42.5 Å². The van der Waals surface area contributed by atoms with E-state index in [-0.39, 0.29) is 22.5 Å². The minimum absolute atomic E-state index is 0.00585. The van der Waals surface area contributed by atoms with Crippen molar-refractivity contribution in [2.24, 2.45) is 17.3 Å². The van der Waals surface area contributed by atoms with Crippen LogP contribution in [0.1, 0.15) is 70.3 Å². The van der Waals surface area contributed by atoms with E-state index in [0.717, 1.165) is 62.6 Å². The van der Waals surface area contributed by atoms with Crippen LogP contribution in [-0.2, 0) is 20.6 Å². The van der Waals surface area contributed by atoms with Crippen LogP contribution >= 0.6 is 0 Å². The molecule has 0 aromatic heterocycles. The normalized spacial score (nSPS) is 26.4. The first-order valence-corrected chi connectivity index (χ1v) is 16.0. The van der Waals surface area contributed by atoms with Crippen LogP contribution in [-0.4, -0.2) is 25.8 Å². The largest absolute Gasteiger partial charge is 0.326 e. The molecule has 242 valence electrons. The molecule has 4 aliphatic rings. The first kappa shape index (κ1) is 32.1. The third-order valence-corrected chi connectivity index (χ3v) is 9.90. The van der Waals surface area contributed by atoms with Crippen LogP contribution in [0.3, 0.4) is 0 Å². The zero-order chi connectivity index (χ0) is 31.8. The molecule has 4 fully saturated rings. The first-order chi connectivity index (χ1) is 21.6. The summed E-state index contributed by atoms with van der Waals surface area (Å²) in [5, 5.41) is 0. The van der Waals surface area contributed by atoms with Crippen molar-refractivity contribution in [1.29, 1.82) is 0 Å². The number of hydrogen-bond acceptors (Lipinski definition) is 3. The molecule has 0 atom stereocenters. The monoisotopic (exact) mass is 632 g/mol. The number of halogens is 6. The van der Waals surface area contributed by atoms with Crippen molar-refractivity contribution in [3.8, 4) is 22.3 Å². The Balaban J connectivity index is 1.04. The lowest BCUT2D eigenvalue weighted by Crippen LogP contribution is -2.63. The molecule has 45 heavy (non-hydrogen) atoms. The Morgan fingerprint density at radius 3 is 1.87 bits per heavy atom. The predicted octanol–water partition coefficient (Wildman–Crippen LogP) is 9.89. The Bertz CT molecular complexity index is 1460. The highest BCUT2D eigenvalue weighted by molar-refractivity contribution is 5.72. The van der Waals surface area contributed by atoms with Gasteiger partial charge in [-0.2, -0.15) is 0 Å². The number of benzene rings is 3. The molecule has 3 heterocycles. The van der Waals surface area contributed by atoms with E-state index in [1.807, 2.05) is 0 Å². The third-order valence-electron chi connectivity index (χ3n) is 9.90. The Labute approximate surface area is 259 Å². The van der Waals surface area contributed by atoms with Crippen molar-refractivity contribution in [1.82, 2.24) is 0 Å². The van der Waals surface area contributed by atoms with Gasteiger partial charge >= 0.3 is 0 Å². The highest BCUT2D eigenvalue weighted by Gasteiger charge is 2.56. The van der Waals surface area contributed by atoms with Gasteiger partial charge in [-0.15, -0.1) is 0 Å². The van der Waals surface area contributed by atoms with Crippen LogP contribution in [0.4, 0.5) is 26.3 Å². The van der Waals surface area contributed by atoms with E-state index in [2.05, 4.69) is 6.92 Å². The van der Waals surface area contributed by atoms with Gasteiger partial charge in [-0.05, 0) is 97.9 Å². The summed E-state index contributed by atoms with van der Waals surface area (Å²) in [5.74, 6) is -8.06. The maximum absolute atomic E-state index is 15.2. The highest BCUT2D eigenvalue weighted by atomic mass is 19.2. The van der Waals surface area contributed by atoms with Gasteiger partial charge in [0.25, 0.3) is 5.97 Å². The maximum Gasteiger partial charge on any atom is 0.285 e. The summed E-state index contributed by atoms with van der Waals surface area (Å²) in [4.78, 5) is 0. The van der Waals surface area contributed by atoms with Gasteiger partial charge in [0, 0.05) is 16.9 Å². The van der Waals surface area contributed by atoms with Crippen molar-refractivity contribution in [2.45, 2.75) is 77.1 Å². The van der Waals surface area contributed by atoms with Crippen molar-refractivity contribution < 1.29 is 40.6 Å². The maximum atomic E-state index is 15.2. The Kier molecular flexibility index (Phi) is 9.33. The molecule has 7 rings (SSSR count). The van der Waals surface area contributed by atoms with Crippen LogP contribution in [0.25, 0.3) is 22.3 Å². The van der Waals surface area contributed by atoms with E-state index < -0.39 is 52.0 Å². The molecular formula is C36H38F6O3. The second kappa shape index (κ2) is 13.1. The fraction of sp³-hybridized carbons (Fsp3) is 0.500. The van der Waals surface area contributed by atoms with Gasteiger partial charge < -0.3 is 14.2 Å². The fourth-order valence-corrected chi connectivity index (χ4v) is 7.16. The summed E-state index contributed by atoms with van der Waals surface area (Å²) in [5.41, 5.74) is -0.531. The first-order valence-electron chi connectivity index (χ1n) is 16.0. The van der Waals surface area contributed by atoms with Crippen LogP contribution in [0.2, 0.25) is 0 Å². The van der Waals surface area contributed by atoms with Gasteiger partial charge in [-0.3, -0.25) is 0 Å². The Morgan fingerprint density at radius 1 is 0.689 bits per heavy atom. The molecule has 3 aromatic carbocycles. The minimum atomic E-state index is -1.73. The van der Waals surface area contributed by atoms with Gasteiger partial charge in [-0.1, -0.05) is 38.3 Å². The molecule has 2 bridgehead atoms. The zero-order valence-corrected chi connectivity index (χ0v) is 25.4. The van der Waals surface area contributed by atoms with Crippen LogP contribution in [0.5, 0.6) is 0 Å². The fourth-order valence-electron chi connectivity index (χ4n) is 7.16. The number of aryl methyl sites for hydroxylation is 1. The van der Waals surface area contributed by atoms with Gasteiger partial charge in [0.05, 0.1) is 25.4 Å². The quantitative estimate of drug-likeness (QED) is 0.127. The summed E-state index contributed by atoms with van der Waals surface area (Å²) in [6, 6.07) is 7.42. The second-order valence-electron chi connectivity index (χ2n) is 13.1. The average Bonchev–Trinajstić information content (AvgIpc) is 3.03. The van der Waals surface area contributed by atoms with E-state index >= 15 is 4.39 Å². The smallest absolute Gasteiger partial charge is 0.285 e. The SMILES string of the molecule is CCCCCC12COC(C3CCC(CCc4ccc(-c5cc(F)c(-c6cc(F)c(F)c(F)c6)c(F)c5)c(F)c4)CC3)(OC1)OC2. The molecule has 0 spiro atoms. The lowest BCUT2D eigenvalue weighted by atomic mass is 9.76. The number of ether oxygens (including phenoxy) is 3. The molecule has 9 heteroatoms. The summed E-state index contributed by atoms with van der Waals surface area (Å²) in [7, 11) is 0. The molecule has 0 N–H and O–H groups in total. The summed E-state index contributed by atoms with van der Waals surface area (Å²) >= 11 is 0. The van der Waals surface area contributed by atoms with E-state index in [9.17, 15) is 22.0 Å². The van der Waals surface area contributed by atoms with Gasteiger partial charge in [0.2, 0.25) is 0 Å². The molecule has 0 radical (unpaired) electrons. The minimum Gasteiger partial charge on any atom is -0.326 e. The number of fused-ring (bicyclic) bond motifs is 3. The lowest BCUT2D eigenvalue weighted by Gasteiger charge is -2.55. The summed E-state index contributed by atoms with van der Waals surface area (Å²) in [6.07, 6.45) is 10.0. The Morgan fingerprint density at radius 2 is 1.29 bits per heavy atom. The van der Waals surface area contributed by atoms with Crippen molar-refractivity contribution >= 4 is 0 Å². The second-order valence-corrected chi connectivity index (χ2v) is 13.1. The molecule has 3 aliphatic heterocycles. The standard InChI is InChI=1S/C36H38F6O3/c1-2-3-4-13-35-19-43-36(44-20-35,45-21-35)26-10-7-22(8-11-26)5-6-23-9-12-27(28(37)14-23)24-15-29(38)33(30(39)16-24)25-17-31(40)34(42)32(41)18-25/h9,12,14-18,22,26H,2-8,10-11,13,19-21H2,1H3. The number of unbranched alkanes of at least 4 members (excludes halogenated alkanes) is 2. The highest BCUT2D eigenvalue weighted by Crippen LogP contribution is 2.49. The van der Waals surface area contributed by atoms with E-state index in [1.165, 1.54) is 25.0 Å². The lowest BCUT2D eigenvalue weighted by molar-refractivity contribution is -0.488. The molecule has 1 saturated carbocycles. The van der Waals surface area contributed by atoms with Crippen LogP contribution < -0.4 is 0 Å². The molecule has 1 aliphatic carbocycles. The molecule has 0 unspecified atom stereocenters. The molecular weight excluding hydrogens is 594 g/mol. The van der Waals surface area contributed by atoms with Crippen LogP contribution in [0, 0.1) is 52.2 Å². The van der Waals surface area contributed by atoms with Crippen molar-refractivity contribution in [2.75, 3.05) is 19.8 Å². The number of rotatable bonds is 10. The summed E-state index contributed by atoms with van der Waals surface area (Å²) in [6.45, 7) is 4.27. The predicted molar refractivity (Wildman–Crippen MR) is 158 cm³/mol. The summed E-state index contributed by atoms with van der Waals surface area (Å²) < 4.78 is 104. The zero-order valence-electron chi connectivity index (χ0n) is 25.4. The third kappa shape index (κ3) is 6.54. The van der Waals surface area contributed by atoms with Gasteiger partial charge in [0.1, 0.15) is 17.5 Å². The van der Waals surface area contributed by atoms with E-state index in [4.69, 9.17) is 14.2 Å². The molecule has 3 nitrogen and oxygen atoms in total. The molecule has 3 saturated heterocycles. The average molecular weight is 633 g/mol. The molecule has 0 amide bonds. The Hall–Kier alpha value is -2.88. The van der Waals surface area contributed by atoms with Crippen molar-refractivity contribution in [3.05, 3.63) is 82.9 Å². The molecule has 3 aromatic rings. The number of hydrogen-bond donors (Lipinski definition) is 0. The van der Waals surface area contributed by atoms with Gasteiger partial charge in [0.15, 0.2) is 17.5 Å². The van der Waals surface area contributed by atoms with E-state index in [0.29, 0.717) is 44.3 Å². The van der Waals surface area contributed by atoms with Gasteiger partial charge in [-0.25, -0.2) is 26.3 Å². The van der Waals surface area contributed by atoms with Crippen molar-refractivity contribution in [3.63, 3.8) is 0 Å². The van der Waals surface area contributed by atoms with E-state index in [1.54, 1.807) is 6.07 Å². The topological polar surface area (TPSA) is 27.7 Å².